The first kappa shape index (κ1) is 16.6. The van der Waals surface area contributed by atoms with Gasteiger partial charge in [-0.05, 0) is 37.1 Å². The second-order valence-electron chi connectivity index (χ2n) is 5.69. The maximum absolute atomic E-state index is 13.6. The van der Waals surface area contributed by atoms with E-state index >= 15 is 0 Å². The zero-order valence-electron chi connectivity index (χ0n) is 12.8. The minimum absolute atomic E-state index is 0.123. The molecule has 2 heterocycles. The fourth-order valence-corrected chi connectivity index (χ4v) is 2.87. The van der Waals surface area contributed by atoms with E-state index in [0.29, 0.717) is 31.0 Å². The number of hydrogen-bond donors (Lipinski definition) is 1. The molecule has 1 aliphatic heterocycles. The van der Waals surface area contributed by atoms with Crippen LogP contribution in [-0.2, 0) is 4.79 Å². The van der Waals surface area contributed by atoms with E-state index in [2.05, 4.69) is 15.2 Å². The van der Waals surface area contributed by atoms with E-state index in [9.17, 15) is 13.6 Å². The predicted octanol–water partition coefficient (Wildman–Crippen LogP) is 3.87. The van der Waals surface area contributed by atoms with Crippen molar-refractivity contribution in [3.63, 3.8) is 0 Å². The fourth-order valence-electron chi connectivity index (χ4n) is 2.76. The molecular formula is C17H16ClF2N3O. The summed E-state index contributed by atoms with van der Waals surface area (Å²) in [5, 5.41) is 3.05. The third-order valence-corrected chi connectivity index (χ3v) is 4.33. The average Bonchev–Trinajstić information content (AvgIpc) is 2.60. The van der Waals surface area contributed by atoms with E-state index < -0.39 is 11.6 Å². The van der Waals surface area contributed by atoms with E-state index in [-0.39, 0.29) is 17.5 Å². The van der Waals surface area contributed by atoms with Crippen LogP contribution in [0.25, 0.3) is 0 Å². The van der Waals surface area contributed by atoms with Gasteiger partial charge in [0.15, 0.2) is 11.6 Å². The molecule has 1 saturated heterocycles. The lowest BCUT2D eigenvalue weighted by atomic mass is 9.95. The molecule has 1 aromatic heterocycles. The van der Waals surface area contributed by atoms with Gasteiger partial charge < -0.3 is 10.2 Å². The van der Waals surface area contributed by atoms with E-state index in [1.54, 1.807) is 12.3 Å². The molecule has 7 heteroatoms. The molecule has 0 spiro atoms. The Morgan fingerprint density at radius 1 is 1.21 bits per heavy atom. The largest absolute Gasteiger partial charge is 0.357 e. The van der Waals surface area contributed by atoms with Gasteiger partial charge in [-0.15, -0.1) is 0 Å². The molecule has 1 aromatic carbocycles. The molecule has 0 radical (unpaired) electrons. The third kappa shape index (κ3) is 3.64. The number of hydrogen-bond acceptors (Lipinski definition) is 3. The van der Waals surface area contributed by atoms with Crippen molar-refractivity contribution in [1.29, 1.82) is 0 Å². The van der Waals surface area contributed by atoms with E-state index in [0.717, 1.165) is 11.9 Å². The van der Waals surface area contributed by atoms with Crippen LogP contribution < -0.4 is 10.2 Å². The van der Waals surface area contributed by atoms with Gasteiger partial charge in [0.05, 0.1) is 10.7 Å². The van der Waals surface area contributed by atoms with Crippen molar-refractivity contribution in [3.05, 3.63) is 53.2 Å². The summed E-state index contributed by atoms with van der Waals surface area (Å²) in [4.78, 5) is 18.6. The topological polar surface area (TPSA) is 45.2 Å². The first-order valence-corrected chi connectivity index (χ1v) is 8.04. The van der Waals surface area contributed by atoms with Gasteiger partial charge in [0, 0.05) is 25.2 Å². The van der Waals surface area contributed by atoms with Gasteiger partial charge >= 0.3 is 0 Å². The van der Waals surface area contributed by atoms with Crippen molar-refractivity contribution >= 4 is 29.0 Å². The van der Waals surface area contributed by atoms with Gasteiger partial charge in [0.25, 0.3) is 0 Å². The standard InChI is InChI=1S/C17H16ClF2N3O/c18-12-4-5-15(21-10-12)23-8-6-11(7-9-23)17(24)22-14-3-1-2-13(19)16(14)20/h1-5,10-11H,6-9H2,(H,22,24). The monoisotopic (exact) mass is 351 g/mol. The summed E-state index contributed by atoms with van der Waals surface area (Å²) in [7, 11) is 0. The van der Waals surface area contributed by atoms with Crippen molar-refractivity contribution in [2.45, 2.75) is 12.8 Å². The number of aromatic nitrogens is 1. The zero-order chi connectivity index (χ0) is 17.1. The molecule has 1 amide bonds. The van der Waals surface area contributed by atoms with Crippen LogP contribution in [-0.4, -0.2) is 24.0 Å². The van der Waals surface area contributed by atoms with Crippen LogP contribution in [0.4, 0.5) is 20.3 Å². The van der Waals surface area contributed by atoms with Crippen molar-refractivity contribution in [2.75, 3.05) is 23.3 Å². The molecule has 1 fully saturated rings. The quantitative estimate of drug-likeness (QED) is 0.913. The van der Waals surface area contributed by atoms with Crippen molar-refractivity contribution in [2.24, 2.45) is 5.92 Å². The number of amides is 1. The summed E-state index contributed by atoms with van der Waals surface area (Å²) in [6.45, 7) is 1.33. The Hall–Kier alpha value is -2.21. The normalized spacial score (nSPS) is 15.4. The number of carbonyl (C=O) groups is 1. The number of piperidine rings is 1. The highest BCUT2D eigenvalue weighted by atomic mass is 35.5. The highest BCUT2D eigenvalue weighted by molar-refractivity contribution is 6.30. The second kappa shape index (κ2) is 7.13. The average molecular weight is 352 g/mol. The molecule has 1 aliphatic rings. The van der Waals surface area contributed by atoms with E-state index in [4.69, 9.17) is 11.6 Å². The summed E-state index contributed by atoms with van der Waals surface area (Å²) in [5.41, 5.74) is -0.123. The molecule has 1 N–H and O–H groups in total. The summed E-state index contributed by atoms with van der Waals surface area (Å²) in [5.74, 6) is -1.72. The number of rotatable bonds is 3. The minimum atomic E-state index is -1.03. The van der Waals surface area contributed by atoms with E-state index in [1.807, 2.05) is 6.07 Å². The summed E-state index contributed by atoms with van der Waals surface area (Å²) < 4.78 is 26.8. The van der Waals surface area contributed by atoms with Gasteiger partial charge in [-0.2, -0.15) is 0 Å². The lowest BCUT2D eigenvalue weighted by Crippen LogP contribution is -2.38. The number of nitrogens with one attached hydrogen (secondary N) is 1. The molecule has 0 aliphatic carbocycles. The van der Waals surface area contributed by atoms with Gasteiger partial charge in [-0.25, -0.2) is 13.8 Å². The van der Waals surface area contributed by atoms with Crippen LogP contribution in [0, 0.1) is 17.6 Å². The molecule has 126 valence electrons. The molecular weight excluding hydrogens is 336 g/mol. The molecule has 24 heavy (non-hydrogen) atoms. The number of anilines is 2. The second-order valence-corrected chi connectivity index (χ2v) is 6.12. The molecule has 3 rings (SSSR count). The Balaban J connectivity index is 1.59. The van der Waals surface area contributed by atoms with Crippen LogP contribution in [0.15, 0.2) is 36.5 Å². The van der Waals surface area contributed by atoms with Crippen molar-refractivity contribution < 1.29 is 13.6 Å². The Bertz CT molecular complexity index is 731. The van der Waals surface area contributed by atoms with Gasteiger partial charge in [-0.1, -0.05) is 17.7 Å². The molecule has 2 aromatic rings. The number of benzene rings is 1. The Morgan fingerprint density at radius 3 is 2.62 bits per heavy atom. The molecule has 0 saturated carbocycles. The zero-order valence-corrected chi connectivity index (χ0v) is 13.6. The van der Waals surface area contributed by atoms with Gasteiger partial charge in [-0.3, -0.25) is 4.79 Å². The third-order valence-electron chi connectivity index (χ3n) is 4.11. The number of halogens is 3. The number of carbonyl (C=O) groups excluding carboxylic acids is 1. The fraction of sp³-hybridized carbons (Fsp3) is 0.294. The number of pyridine rings is 1. The predicted molar refractivity (Wildman–Crippen MR) is 89.2 cm³/mol. The maximum atomic E-state index is 13.6. The van der Waals surface area contributed by atoms with Crippen molar-refractivity contribution in [1.82, 2.24) is 4.98 Å². The molecule has 0 atom stereocenters. The Kier molecular flexibility index (Phi) is 4.94. The molecule has 4 nitrogen and oxygen atoms in total. The Morgan fingerprint density at radius 2 is 1.96 bits per heavy atom. The summed E-state index contributed by atoms with van der Waals surface area (Å²) in [6.07, 6.45) is 2.82. The minimum Gasteiger partial charge on any atom is -0.357 e. The van der Waals surface area contributed by atoms with E-state index in [1.165, 1.54) is 12.1 Å². The van der Waals surface area contributed by atoms with Crippen molar-refractivity contribution in [3.8, 4) is 0 Å². The van der Waals surface area contributed by atoms with Crippen LogP contribution in [0.5, 0.6) is 0 Å². The first-order valence-electron chi connectivity index (χ1n) is 7.66. The van der Waals surface area contributed by atoms with Gasteiger partial charge in [0.2, 0.25) is 5.91 Å². The van der Waals surface area contributed by atoms with Crippen LogP contribution >= 0.6 is 11.6 Å². The lowest BCUT2D eigenvalue weighted by Gasteiger charge is -2.32. The van der Waals surface area contributed by atoms with Crippen LogP contribution in [0.2, 0.25) is 5.02 Å². The first-order chi connectivity index (χ1) is 11.5. The summed E-state index contributed by atoms with van der Waals surface area (Å²) in [6, 6.07) is 7.34. The lowest BCUT2D eigenvalue weighted by molar-refractivity contribution is -0.120. The molecule has 0 bridgehead atoms. The van der Waals surface area contributed by atoms with Crippen LogP contribution in [0.1, 0.15) is 12.8 Å². The molecule has 0 unspecified atom stereocenters. The smallest absolute Gasteiger partial charge is 0.227 e. The number of nitrogens with zero attached hydrogens (tertiary/aromatic N) is 2. The SMILES string of the molecule is O=C(Nc1cccc(F)c1F)C1CCN(c2ccc(Cl)cn2)CC1. The highest BCUT2D eigenvalue weighted by Crippen LogP contribution is 2.25. The highest BCUT2D eigenvalue weighted by Gasteiger charge is 2.26. The summed E-state index contributed by atoms with van der Waals surface area (Å²) >= 11 is 5.82. The maximum Gasteiger partial charge on any atom is 0.227 e. The van der Waals surface area contributed by atoms with Crippen LogP contribution in [0.3, 0.4) is 0 Å². The van der Waals surface area contributed by atoms with Gasteiger partial charge in [0.1, 0.15) is 5.82 Å². The Labute approximate surface area is 143 Å².